The maximum Gasteiger partial charge on any atom is 0.243 e. The molecule has 0 aromatic heterocycles. The first-order valence-corrected chi connectivity index (χ1v) is 6.82. The van der Waals surface area contributed by atoms with Crippen molar-refractivity contribution in [3.8, 4) is 0 Å². The van der Waals surface area contributed by atoms with Gasteiger partial charge in [-0.25, -0.2) is 17.5 Å². The summed E-state index contributed by atoms with van der Waals surface area (Å²) in [6.07, 6.45) is 0.251. The molecular weight excluding hydrogens is 269 g/mol. The zero-order valence-electron chi connectivity index (χ0n) is 9.15. The molecule has 1 aromatic carbocycles. The van der Waals surface area contributed by atoms with Crippen molar-refractivity contribution in [1.29, 1.82) is 0 Å². The van der Waals surface area contributed by atoms with E-state index in [1.54, 1.807) is 6.92 Å². The van der Waals surface area contributed by atoms with E-state index in [0.29, 0.717) is 0 Å². The summed E-state index contributed by atoms with van der Waals surface area (Å²) in [4.78, 5) is -0.491. The molecule has 0 aliphatic heterocycles. The van der Waals surface area contributed by atoms with Gasteiger partial charge in [0.15, 0.2) is 5.82 Å². The Morgan fingerprint density at radius 2 is 2.18 bits per heavy atom. The first-order chi connectivity index (χ1) is 7.88. The minimum absolute atomic E-state index is 0.151. The van der Waals surface area contributed by atoms with Crippen LogP contribution in [0.2, 0.25) is 5.02 Å². The predicted molar refractivity (Wildman–Crippen MR) is 62.9 cm³/mol. The molecule has 0 aliphatic carbocycles. The molecule has 7 heteroatoms. The molecule has 1 unspecified atom stereocenters. The van der Waals surface area contributed by atoms with Gasteiger partial charge in [0.1, 0.15) is 4.90 Å². The number of rotatable bonds is 5. The van der Waals surface area contributed by atoms with Crippen LogP contribution in [0.5, 0.6) is 0 Å². The van der Waals surface area contributed by atoms with Crippen LogP contribution in [-0.4, -0.2) is 26.2 Å². The second-order valence-electron chi connectivity index (χ2n) is 3.59. The van der Waals surface area contributed by atoms with Gasteiger partial charge < -0.3 is 5.11 Å². The zero-order valence-corrected chi connectivity index (χ0v) is 10.7. The average Bonchev–Trinajstić information content (AvgIpc) is 2.21. The molecule has 0 amide bonds. The van der Waals surface area contributed by atoms with E-state index in [9.17, 15) is 12.8 Å². The number of sulfonamides is 1. The van der Waals surface area contributed by atoms with Gasteiger partial charge in [-0.05, 0) is 25.5 Å². The molecule has 1 atom stereocenters. The normalized spacial score (nSPS) is 13.6. The highest BCUT2D eigenvalue weighted by atomic mass is 35.5. The van der Waals surface area contributed by atoms with Crippen LogP contribution < -0.4 is 4.72 Å². The van der Waals surface area contributed by atoms with Crippen molar-refractivity contribution in [2.75, 3.05) is 6.61 Å². The first kappa shape index (κ1) is 14.4. The minimum Gasteiger partial charge on any atom is -0.396 e. The molecule has 0 bridgehead atoms. The molecule has 1 aromatic rings. The molecular formula is C10H13ClFNO3S. The SMILES string of the molecule is CC(CCO)NS(=O)(=O)c1cccc(Cl)c1F. The molecule has 4 nitrogen and oxygen atoms in total. The van der Waals surface area contributed by atoms with Crippen LogP contribution in [0.4, 0.5) is 4.39 Å². The van der Waals surface area contributed by atoms with Gasteiger partial charge in [-0.1, -0.05) is 17.7 Å². The highest BCUT2D eigenvalue weighted by molar-refractivity contribution is 7.89. The smallest absolute Gasteiger partial charge is 0.243 e. The average molecular weight is 282 g/mol. The summed E-state index contributed by atoms with van der Waals surface area (Å²) >= 11 is 5.51. The fourth-order valence-corrected chi connectivity index (χ4v) is 2.88. The summed E-state index contributed by atoms with van der Waals surface area (Å²) in [6.45, 7) is 1.43. The number of halogens is 2. The third-order valence-electron chi connectivity index (χ3n) is 2.12. The van der Waals surface area contributed by atoms with Gasteiger partial charge in [0.25, 0.3) is 0 Å². The van der Waals surface area contributed by atoms with Crippen molar-refractivity contribution in [1.82, 2.24) is 4.72 Å². The number of aliphatic hydroxyl groups excluding tert-OH is 1. The van der Waals surface area contributed by atoms with Gasteiger partial charge in [0.2, 0.25) is 10.0 Å². The molecule has 17 heavy (non-hydrogen) atoms. The van der Waals surface area contributed by atoms with Crippen molar-refractivity contribution in [3.63, 3.8) is 0 Å². The largest absolute Gasteiger partial charge is 0.396 e. The highest BCUT2D eigenvalue weighted by Gasteiger charge is 2.22. The number of nitrogens with one attached hydrogen (secondary N) is 1. The Hall–Kier alpha value is -0.690. The van der Waals surface area contributed by atoms with Crippen LogP contribution in [0.15, 0.2) is 23.1 Å². The summed E-state index contributed by atoms with van der Waals surface area (Å²) < 4.78 is 39.4. The van der Waals surface area contributed by atoms with Gasteiger partial charge in [0, 0.05) is 12.6 Å². The maximum atomic E-state index is 13.5. The topological polar surface area (TPSA) is 66.4 Å². The van der Waals surface area contributed by atoms with Crippen molar-refractivity contribution >= 4 is 21.6 Å². The molecule has 0 aliphatic rings. The van der Waals surface area contributed by atoms with Crippen LogP contribution in [-0.2, 0) is 10.0 Å². The van der Waals surface area contributed by atoms with Gasteiger partial charge in [-0.2, -0.15) is 0 Å². The molecule has 0 fully saturated rings. The quantitative estimate of drug-likeness (QED) is 0.860. The monoisotopic (exact) mass is 281 g/mol. The van der Waals surface area contributed by atoms with E-state index < -0.39 is 26.8 Å². The molecule has 0 heterocycles. The lowest BCUT2D eigenvalue weighted by molar-refractivity contribution is 0.275. The number of aliphatic hydroxyl groups is 1. The van der Waals surface area contributed by atoms with Gasteiger partial charge >= 0.3 is 0 Å². The summed E-state index contributed by atoms with van der Waals surface area (Å²) in [5.74, 6) is -0.974. The van der Waals surface area contributed by atoms with E-state index in [1.807, 2.05) is 0 Å². The van der Waals surface area contributed by atoms with E-state index in [4.69, 9.17) is 16.7 Å². The predicted octanol–water partition coefficient (Wildman–Crippen LogP) is 1.53. The summed E-state index contributed by atoms with van der Waals surface area (Å²) in [5, 5.41) is 8.43. The van der Waals surface area contributed by atoms with E-state index in [2.05, 4.69) is 4.72 Å². The lowest BCUT2D eigenvalue weighted by Gasteiger charge is -2.13. The van der Waals surface area contributed by atoms with E-state index >= 15 is 0 Å². The zero-order chi connectivity index (χ0) is 13.1. The lowest BCUT2D eigenvalue weighted by atomic mass is 10.3. The van der Waals surface area contributed by atoms with Crippen molar-refractivity contribution in [3.05, 3.63) is 29.0 Å². The third-order valence-corrected chi connectivity index (χ3v) is 4.02. The van der Waals surface area contributed by atoms with Gasteiger partial charge in [-0.15, -0.1) is 0 Å². The molecule has 0 saturated carbocycles. The second-order valence-corrected chi connectivity index (χ2v) is 5.68. The third kappa shape index (κ3) is 3.64. The summed E-state index contributed by atoms with van der Waals surface area (Å²) in [6, 6.07) is 3.28. The van der Waals surface area contributed by atoms with E-state index in [-0.39, 0.29) is 18.1 Å². The van der Waals surface area contributed by atoms with Crippen molar-refractivity contribution in [2.45, 2.75) is 24.3 Å². The number of hydrogen-bond donors (Lipinski definition) is 2. The standard InChI is InChI=1S/C10H13ClFNO3S/c1-7(5-6-14)13-17(15,16)9-4-2-3-8(11)10(9)12/h2-4,7,13-14H,5-6H2,1H3. The second kappa shape index (κ2) is 5.77. The Kier molecular flexibility index (Phi) is 4.88. The Balaban J connectivity index is 3.02. The van der Waals surface area contributed by atoms with Crippen LogP contribution in [0.3, 0.4) is 0 Å². The van der Waals surface area contributed by atoms with Crippen molar-refractivity contribution < 1.29 is 17.9 Å². The summed E-state index contributed by atoms with van der Waals surface area (Å²) in [7, 11) is -3.96. The number of hydrogen-bond acceptors (Lipinski definition) is 3. The van der Waals surface area contributed by atoms with Crippen molar-refractivity contribution in [2.24, 2.45) is 0 Å². The van der Waals surface area contributed by atoms with Gasteiger partial charge in [-0.3, -0.25) is 0 Å². The van der Waals surface area contributed by atoms with E-state index in [0.717, 1.165) is 6.07 Å². The van der Waals surface area contributed by atoms with Crippen LogP contribution >= 0.6 is 11.6 Å². The van der Waals surface area contributed by atoms with Crippen LogP contribution in [0.25, 0.3) is 0 Å². The molecule has 0 spiro atoms. The first-order valence-electron chi connectivity index (χ1n) is 4.95. The molecule has 0 saturated heterocycles. The lowest BCUT2D eigenvalue weighted by Crippen LogP contribution is -2.33. The molecule has 2 N–H and O–H groups in total. The van der Waals surface area contributed by atoms with Crippen LogP contribution in [0, 0.1) is 5.82 Å². The Labute approximate surface area is 104 Å². The Bertz CT molecular complexity index is 492. The van der Waals surface area contributed by atoms with Crippen LogP contribution in [0.1, 0.15) is 13.3 Å². The highest BCUT2D eigenvalue weighted by Crippen LogP contribution is 2.21. The Morgan fingerprint density at radius 1 is 1.53 bits per heavy atom. The number of benzene rings is 1. The minimum atomic E-state index is -3.96. The van der Waals surface area contributed by atoms with E-state index in [1.165, 1.54) is 12.1 Å². The molecule has 1 rings (SSSR count). The summed E-state index contributed by atoms with van der Waals surface area (Å²) in [5.41, 5.74) is 0. The maximum absolute atomic E-state index is 13.5. The fourth-order valence-electron chi connectivity index (χ4n) is 1.27. The molecule has 96 valence electrons. The molecule has 0 radical (unpaired) electrons. The van der Waals surface area contributed by atoms with Gasteiger partial charge in [0.05, 0.1) is 5.02 Å². The Morgan fingerprint density at radius 3 is 2.76 bits per heavy atom. The fraction of sp³-hybridized carbons (Fsp3) is 0.400.